The minimum atomic E-state index is -0.185. The van der Waals surface area contributed by atoms with E-state index in [1.807, 2.05) is 31.2 Å². The Bertz CT molecular complexity index is 696. The van der Waals surface area contributed by atoms with Crippen LogP contribution in [0, 0.1) is 0 Å². The van der Waals surface area contributed by atoms with Gasteiger partial charge in [0.05, 0.1) is 18.7 Å². The highest BCUT2D eigenvalue weighted by Gasteiger charge is 2.32. The van der Waals surface area contributed by atoms with Gasteiger partial charge in [0.1, 0.15) is 0 Å². The Kier molecular flexibility index (Phi) is 3.29. The number of ether oxygens (including phenoxy) is 1. The molecule has 2 aromatic rings. The molecule has 1 heterocycles. The minimum absolute atomic E-state index is 0.000647. The third-order valence-electron chi connectivity index (χ3n) is 4.02. The summed E-state index contributed by atoms with van der Waals surface area (Å²) in [7, 11) is 1.47. The van der Waals surface area contributed by atoms with E-state index < -0.39 is 0 Å². The molecule has 4 nitrogen and oxygen atoms in total. The van der Waals surface area contributed by atoms with Crippen LogP contribution in [-0.4, -0.2) is 23.0 Å². The van der Waals surface area contributed by atoms with Crippen molar-refractivity contribution in [3.05, 3.63) is 59.2 Å². The highest BCUT2D eigenvalue weighted by atomic mass is 16.5. The van der Waals surface area contributed by atoms with E-state index in [1.54, 1.807) is 23.1 Å². The van der Waals surface area contributed by atoms with Crippen LogP contribution < -0.4 is 4.74 Å². The van der Waals surface area contributed by atoms with Crippen LogP contribution in [0.1, 0.15) is 34.5 Å². The van der Waals surface area contributed by atoms with E-state index >= 15 is 0 Å². The molecule has 0 saturated carbocycles. The average Bonchev–Trinajstić information content (AvgIpc) is 2.84. The van der Waals surface area contributed by atoms with Crippen LogP contribution in [0.4, 0.5) is 0 Å². The molecule has 2 aromatic carbocycles. The Morgan fingerprint density at radius 3 is 2.71 bits per heavy atom. The van der Waals surface area contributed by atoms with Crippen molar-refractivity contribution in [3.63, 3.8) is 0 Å². The van der Waals surface area contributed by atoms with E-state index in [2.05, 4.69) is 0 Å². The van der Waals surface area contributed by atoms with Gasteiger partial charge in [-0.2, -0.15) is 0 Å². The molecule has 0 aromatic heterocycles. The van der Waals surface area contributed by atoms with Gasteiger partial charge in [-0.1, -0.05) is 30.3 Å². The highest BCUT2D eigenvalue weighted by Crippen LogP contribution is 2.37. The van der Waals surface area contributed by atoms with Crippen molar-refractivity contribution in [1.29, 1.82) is 0 Å². The quantitative estimate of drug-likeness (QED) is 0.921. The van der Waals surface area contributed by atoms with Crippen LogP contribution in [0.15, 0.2) is 42.5 Å². The molecule has 0 bridgehead atoms. The van der Waals surface area contributed by atoms with E-state index in [9.17, 15) is 9.90 Å². The molecule has 1 atom stereocenters. The molecule has 1 aliphatic heterocycles. The summed E-state index contributed by atoms with van der Waals surface area (Å²) in [6, 6.07) is 13.0. The lowest BCUT2D eigenvalue weighted by Gasteiger charge is -2.22. The van der Waals surface area contributed by atoms with E-state index in [0.717, 1.165) is 11.1 Å². The number of nitrogens with zero attached hydrogens (tertiary/aromatic N) is 1. The van der Waals surface area contributed by atoms with Crippen molar-refractivity contribution in [2.24, 2.45) is 0 Å². The van der Waals surface area contributed by atoms with Gasteiger partial charge in [-0.3, -0.25) is 4.79 Å². The molecule has 0 fully saturated rings. The van der Waals surface area contributed by atoms with Gasteiger partial charge in [-0.25, -0.2) is 0 Å². The molecule has 1 N–H and O–H groups in total. The number of phenols is 1. The van der Waals surface area contributed by atoms with E-state index in [0.29, 0.717) is 12.3 Å². The Balaban J connectivity index is 1.95. The van der Waals surface area contributed by atoms with Crippen LogP contribution in [0.25, 0.3) is 0 Å². The predicted octanol–water partition coefficient (Wildman–Crippen LogP) is 3.12. The van der Waals surface area contributed by atoms with Gasteiger partial charge in [0.2, 0.25) is 0 Å². The molecule has 3 rings (SSSR count). The van der Waals surface area contributed by atoms with Crippen molar-refractivity contribution >= 4 is 5.91 Å². The minimum Gasteiger partial charge on any atom is -0.504 e. The standard InChI is InChI=1S/C17H17NO3/c1-11-13-7-4-3-6-12(13)10-18(11)17(20)14-8-5-9-15(21-2)16(14)19/h3-9,11,19H,10H2,1-2H3. The molecule has 21 heavy (non-hydrogen) atoms. The molecular weight excluding hydrogens is 266 g/mol. The van der Waals surface area contributed by atoms with Gasteiger partial charge in [-0.05, 0) is 30.2 Å². The number of amides is 1. The molecule has 1 aliphatic rings. The van der Waals surface area contributed by atoms with E-state index in [4.69, 9.17) is 4.74 Å². The lowest BCUT2D eigenvalue weighted by molar-refractivity contribution is 0.0701. The summed E-state index contributed by atoms with van der Waals surface area (Å²) in [5.41, 5.74) is 2.59. The van der Waals surface area contributed by atoms with Gasteiger partial charge >= 0.3 is 0 Å². The fourth-order valence-corrected chi connectivity index (χ4v) is 2.84. The molecule has 1 amide bonds. The Morgan fingerprint density at radius 2 is 2.00 bits per heavy atom. The van der Waals surface area contributed by atoms with Gasteiger partial charge < -0.3 is 14.7 Å². The van der Waals surface area contributed by atoms with E-state index in [-0.39, 0.29) is 23.3 Å². The Labute approximate surface area is 123 Å². The number of aromatic hydroxyl groups is 1. The normalized spacial score (nSPS) is 16.7. The predicted molar refractivity (Wildman–Crippen MR) is 79.4 cm³/mol. The number of phenolic OH excluding ortho intramolecular Hbond substituents is 1. The first kappa shape index (κ1) is 13.5. The van der Waals surface area contributed by atoms with Gasteiger partial charge in [0, 0.05) is 6.54 Å². The van der Waals surface area contributed by atoms with Crippen molar-refractivity contribution < 1.29 is 14.6 Å². The van der Waals surface area contributed by atoms with Gasteiger partial charge in [0.15, 0.2) is 11.5 Å². The Hall–Kier alpha value is -2.49. The van der Waals surface area contributed by atoms with Crippen molar-refractivity contribution in [3.8, 4) is 11.5 Å². The van der Waals surface area contributed by atoms with Gasteiger partial charge in [0.25, 0.3) is 5.91 Å². The van der Waals surface area contributed by atoms with Crippen LogP contribution in [0.5, 0.6) is 11.5 Å². The first-order valence-electron chi connectivity index (χ1n) is 6.88. The fraction of sp³-hybridized carbons (Fsp3) is 0.235. The number of carbonyl (C=O) groups is 1. The number of methoxy groups -OCH3 is 1. The summed E-state index contributed by atoms with van der Waals surface area (Å²) < 4.78 is 5.07. The summed E-state index contributed by atoms with van der Waals surface area (Å²) in [6.07, 6.45) is 0. The maximum atomic E-state index is 12.7. The maximum absolute atomic E-state index is 12.7. The number of rotatable bonds is 2. The summed E-state index contributed by atoms with van der Waals surface area (Å²) >= 11 is 0. The van der Waals surface area contributed by atoms with Crippen molar-refractivity contribution in [2.45, 2.75) is 19.5 Å². The first-order chi connectivity index (χ1) is 10.1. The second-order valence-corrected chi connectivity index (χ2v) is 5.16. The number of fused-ring (bicyclic) bond motifs is 1. The molecule has 1 unspecified atom stereocenters. The molecular formula is C17H17NO3. The first-order valence-corrected chi connectivity index (χ1v) is 6.88. The number of carbonyl (C=O) groups excluding carboxylic acids is 1. The van der Waals surface area contributed by atoms with Crippen LogP contribution >= 0.6 is 0 Å². The third kappa shape index (κ3) is 2.13. The number of hydrogen-bond donors (Lipinski definition) is 1. The number of hydrogen-bond acceptors (Lipinski definition) is 3. The zero-order chi connectivity index (χ0) is 15.0. The van der Waals surface area contributed by atoms with Crippen molar-refractivity contribution in [1.82, 2.24) is 4.90 Å². The smallest absolute Gasteiger partial charge is 0.258 e. The number of benzene rings is 2. The average molecular weight is 283 g/mol. The third-order valence-corrected chi connectivity index (χ3v) is 4.02. The summed E-state index contributed by atoms with van der Waals surface area (Å²) in [5, 5.41) is 10.2. The maximum Gasteiger partial charge on any atom is 0.258 e. The molecule has 0 spiro atoms. The SMILES string of the molecule is COc1cccc(C(=O)N2Cc3ccccc3C2C)c1O. The molecule has 0 radical (unpaired) electrons. The van der Waals surface area contributed by atoms with Crippen LogP contribution in [0.3, 0.4) is 0 Å². The highest BCUT2D eigenvalue weighted by molar-refractivity contribution is 5.98. The second kappa shape index (κ2) is 5.13. The zero-order valence-electron chi connectivity index (χ0n) is 12.0. The van der Waals surface area contributed by atoms with Crippen molar-refractivity contribution in [2.75, 3.05) is 7.11 Å². The topological polar surface area (TPSA) is 49.8 Å². The van der Waals surface area contributed by atoms with Crippen LogP contribution in [-0.2, 0) is 6.54 Å². The fourth-order valence-electron chi connectivity index (χ4n) is 2.84. The summed E-state index contributed by atoms with van der Waals surface area (Å²) in [4.78, 5) is 14.5. The molecule has 108 valence electrons. The molecule has 4 heteroatoms. The lowest BCUT2D eigenvalue weighted by Crippen LogP contribution is -2.28. The number of para-hydroxylation sites is 1. The summed E-state index contributed by atoms with van der Waals surface area (Å²) in [5.74, 6) is 0.0217. The summed E-state index contributed by atoms with van der Waals surface area (Å²) in [6.45, 7) is 2.56. The molecule has 0 saturated heterocycles. The largest absolute Gasteiger partial charge is 0.504 e. The lowest BCUT2D eigenvalue weighted by atomic mass is 10.1. The van der Waals surface area contributed by atoms with Gasteiger partial charge in [-0.15, -0.1) is 0 Å². The molecule has 0 aliphatic carbocycles. The second-order valence-electron chi connectivity index (χ2n) is 5.16. The Morgan fingerprint density at radius 1 is 1.24 bits per heavy atom. The zero-order valence-corrected chi connectivity index (χ0v) is 12.0. The van der Waals surface area contributed by atoms with E-state index in [1.165, 1.54) is 7.11 Å². The monoisotopic (exact) mass is 283 g/mol. The van der Waals surface area contributed by atoms with Crippen LogP contribution in [0.2, 0.25) is 0 Å².